The number of hydrogen-bond donors (Lipinski definition) is 1. The maximum atomic E-state index is 9.34. The number of nitrogens with zero attached hydrogens (tertiary/aromatic N) is 3. The molecule has 0 bridgehead atoms. The van der Waals surface area contributed by atoms with Gasteiger partial charge in [0.05, 0.1) is 25.9 Å². The van der Waals surface area contributed by atoms with Crippen LogP contribution in [-0.2, 0) is 4.74 Å². The molecule has 0 spiro atoms. The molecule has 1 atom stereocenters. The van der Waals surface area contributed by atoms with Crippen molar-refractivity contribution in [2.45, 2.75) is 25.8 Å². The first-order valence-electron chi connectivity index (χ1n) is 5.99. The van der Waals surface area contributed by atoms with Crippen molar-refractivity contribution in [3.63, 3.8) is 0 Å². The molecule has 1 aromatic heterocycles. The lowest BCUT2D eigenvalue weighted by atomic mass is 10.1. The minimum atomic E-state index is -0.00124. The Morgan fingerprint density at radius 3 is 3.06 bits per heavy atom. The van der Waals surface area contributed by atoms with Crippen LogP contribution in [0.15, 0.2) is 12.4 Å². The van der Waals surface area contributed by atoms with Crippen LogP contribution in [0, 0.1) is 0 Å². The molecule has 0 amide bonds. The van der Waals surface area contributed by atoms with Crippen molar-refractivity contribution in [3.8, 4) is 0 Å². The molecule has 1 unspecified atom stereocenters. The SMILES string of the molecule is CC(C)c1cc(N2CCOCC2CO)ncn1. The molecule has 0 radical (unpaired) electrons. The molecule has 0 saturated carbocycles. The largest absolute Gasteiger partial charge is 0.394 e. The van der Waals surface area contributed by atoms with Crippen LogP contribution in [0.25, 0.3) is 0 Å². The fourth-order valence-electron chi connectivity index (χ4n) is 1.94. The number of aliphatic hydroxyl groups excluding tert-OH is 1. The molecule has 1 saturated heterocycles. The number of aromatic nitrogens is 2. The van der Waals surface area contributed by atoms with E-state index in [-0.39, 0.29) is 12.6 Å². The lowest BCUT2D eigenvalue weighted by Crippen LogP contribution is -2.48. The second kappa shape index (κ2) is 5.42. The van der Waals surface area contributed by atoms with Crippen LogP contribution in [0.4, 0.5) is 5.82 Å². The Morgan fingerprint density at radius 1 is 1.53 bits per heavy atom. The zero-order valence-corrected chi connectivity index (χ0v) is 10.3. The zero-order valence-electron chi connectivity index (χ0n) is 10.3. The molecule has 5 heteroatoms. The van der Waals surface area contributed by atoms with Gasteiger partial charge in [-0.1, -0.05) is 13.8 Å². The fraction of sp³-hybridized carbons (Fsp3) is 0.667. The third kappa shape index (κ3) is 2.73. The van der Waals surface area contributed by atoms with Gasteiger partial charge >= 0.3 is 0 Å². The van der Waals surface area contributed by atoms with Gasteiger partial charge in [0.1, 0.15) is 12.1 Å². The Balaban J connectivity index is 2.22. The second-order valence-electron chi connectivity index (χ2n) is 4.56. The maximum Gasteiger partial charge on any atom is 0.132 e. The molecule has 2 rings (SSSR count). The van der Waals surface area contributed by atoms with Gasteiger partial charge < -0.3 is 14.7 Å². The van der Waals surface area contributed by atoms with E-state index >= 15 is 0 Å². The van der Waals surface area contributed by atoms with Gasteiger partial charge in [0, 0.05) is 18.3 Å². The first-order valence-corrected chi connectivity index (χ1v) is 5.99. The van der Waals surface area contributed by atoms with E-state index in [1.54, 1.807) is 6.33 Å². The van der Waals surface area contributed by atoms with Crippen molar-refractivity contribution < 1.29 is 9.84 Å². The molecule has 1 N–H and O–H groups in total. The predicted octanol–water partition coefficient (Wildman–Crippen LogP) is 0.797. The van der Waals surface area contributed by atoms with E-state index in [2.05, 4.69) is 28.7 Å². The van der Waals surface area contributed by atoms with Crippen LogP contribution >= 0.6 is 0 Å². The van der Waals surface area contributed by atoms with Crippen LogP contribution in [0.2, 0.25) is 0 Å². The minimum Gasteiger partial charge on any atom is -0.394 e. The topological polar surface area (TPSA) is 58.5 Å². The highest BCUT2D eigenvalue weighted by molar-refractivity contribution is 5.41. The molecule has 94 valence electrons. The first-order chi connectivity index (χ1) is 8.22. The van der Waals surface area contributed by atoms with Gasteiger partial charge in [-0.2, -0.15) is 0 Å². The maximum absolute atomic E-state index is 9.34. The molecule has 5 nitrogen and oxygen atoms in total. The van der Waals surface area contributed by atoms with Crippen LogP contribution in [0.1, 0.15) is 25.5 Å². The number of ether oxygens (including phenoxy) is 1. The molecule has 17 heavy (non-hydrogen) atoms. The third-order valence-corrected chi connectivity index (χ3v) is 3.00. The van der Waals surface area contributed by atoms with Crippen LogP contribution in [0.3, 0.4) is 0 Å². The molecule has 0 aliphatic carbocycles. The number of aliphatic hydroxyl groups is 1. The summed E-state index contributed by atoms with van der Waals surface area (Å²) in [5, 5.41) is 9.34. The Bertz CT molecular complexity index is 371. The van der Waals surface area contributed by atoms with Crippen molar-refractivity contribution in [2.24, 2.45) is 0 Å². The van der Waals surface area contributed by atoms with E-state index in [0.717, 1.165) is 18.1 Å². The third-order valence-electron chi connectivity index (χ3n) is 3.00. The Morgan fingerprint density at radius 2 is 2.35 bits per heavy atom. The zero-order chi connectivity index (χ0) is 12.3. The minimum absolute atomic E-state index is 0.00124. The molecule has 1 aliphatic rings. The van der Waals surface area contributed by atoms with Crippen LogP contribution in [0.5, 0.6) is 0 Å². The number of hydrogen-bond acceptors (Lipinski definition) is 5. The van der Waals surface area contributed by atoms with E-state index in [1.807, 2.05) is 6.07 Å². The second-order valence-corrected chi connectivity index (χ2v) is 4.56. The smallest absolute Gasteiger partial charge is 0.132 e. The quantitative estimate of drug-likeness (QED) is 0.842. The molecular formula is C12H19N3O2. The monoisotopic (exact) mass is 237 g/mol. The van der Waals surface area contributed by atoms with E-state index in [0.29, 0.717) is 19.1 Å². The van der Waals surface area contributed by atoms with Gasteiger partial charge in [0.2, 0.25) is 0 Å². The summed E-state index contributed by atoms with van der Waals surface area (Å²) in [6.45, 7) is 6.29. The van der Waals surface area contributed by atoms with Crippen molar-refractivity contribution in [3.05, 3.63) is 18.1 Å². The molecule has 0 aromatic carbocycles. The summed E-state index contributed by atoms with van der Waals surface area (Å²) in [5.74, 6) is 1.26. The van der Waals surface area contributed by atoms with Crippen molar-refractivity contribution in [1.82, 2.24) is 9.97 Å². The average molecular weight is 237 g/mol. The van der Waals surface area contributed by atoms with E-state index in [4.69, 9.17) is 4.74 Å². The summed E-state index contributed by atoms with van der Waals surface area (Å²) in [5.41, 5.74) is 1.03. The summed E-state index contributed by atoms with van der Waals surface area (Å²) < 4.78 is 5.36. The van der Waals surface area contributed by atoms with E-state index in [1.165, 1.54) is 0 Å². The predicted molar refractivity (Wildman–Crippen MR) is 65.2 cm³/mol. The Labute approximate surface area is 101 Å². The highest BCUT2D eigenvalue weighted by atomic mass is 16.5. The fourth-order valence-corrected chi connectivity index (χ4v) is 1.94. The van der Waals surface area contributed by atoms with Gasteiger partial charge in [-0.15, -0.1) is 0 Å². The van der Waals surface area contributed by atoms with Crippen LogP contribution < -0.4 is 4.90 Å². The summed E-state index contributed by atoms with van der Waals surface area (Å²) >= 11 is 0. The summed E-state index contributed by atoms with van der Waals surface area (Å²) in [6.07, 6.45) is 1.59. The van der Waals surface area contributed by atoms with Gasteiger partial charge in [-0.3, -0.25) is 0 Å². The molecule has 1 aliphatic heterocycles. The van der Waals surface area contributed by atoms with Crippen molar-refractivity contribution in [1.29, 1.82) is 0 Å². The van der Waals surface area contributed by atoms with Crippen molar-refractivity contribution in [2.75, 3.05) is 31.3 Å². The molecule has 2 heterocycles. The summed E-state index contributed by atoms with van der Waals surface area (Å²) in [6, 6.07) is 2.00. The van der Waals surface area contributed by atoms with Gasteiger partial charge in [0.25, 0.3) is 0 Å². The molecule has 1 aromatic rings. The lowest BCUT2D eigenvalue weighted by Gasteiger charge is -2.35. The Kier molecular flexibility index (Phi) is 3.91. The van der Waals surface area contributed by atoms with Crippen molar-refractivity contribution >= 4 is 5.82 Å². The highest BCUT2D eigenvalue weighted by Crippen LogP contribution is 2.20. The number of rotatable bonds is 3. The highest BCUT2D eigenvalue weighted by Gasteiger charge is 2.23. The average Bonchev–Trinajstić information content (AvgIpc) is 2.39. The molecule has 1 fully saturated rings. The number of anilines is 1. The van der Waals surface area contributed by atoms with Gasteiger partial charge in [-0.25, -0.2) is 9.97 Å². The van der Waals surface area contributed by atoms with Gasteiger partial charge in [-0.05, 0) is 5.92 Å². The summed E-state index contributed by atoms with van der Waals surface area (Å²) in [7, 11) is 0. The normalized spacial score (nSPS) is 20.9. The first kappa shape index (κ1) is 12.3. The Hall–Kier alpha value is -1.20. The lowest BCUT2D eigenvalue weighted by molar-refractivity contribution is 0.0722. The standard InChI is InChI=1S/C12H19N3O2/c1-9(2)11-5-12(14-8-13-11)15-3-4-17-7-10(15)6-16/h5,8-10,16H,3-4,6-7H2,1-2H3. The van der Waals surface area contributed by atoms with Crippen LogP contribution in [-0.4, -0.2) is 47.5 Å². The van der Waals surface area contributed by atoms with Gasteiger partial charge in [0.15, 0.2) is 0 Å². The number of morpholine rings is 1. The summed E-state index contributed by atoms with van der Waals surface area (Å²) in [4.78, 5) is 10.6. The van der Waals surface area contributed by atoms with E-state index < -0.39 is 0 Å². The van der Waals surface area contributed by atoms with E-state index in [9.17, 15) is 5.11 Å². The molecular weight excluding hydrogens is 218 g/mol.